The van der Waals surface area contributed by atoms with Crippen molar-refractivity contribution < 1.29 is 9.18 Å². The predicted octanol–water partition coefficient (Wildman–Crippen LogP) is 2.21. The Hall–Kier alpha value is -3.06. The third-order valence-electron chi connectivity index (χ3n) is 3.89. The van der Waals surface area contributed by atoms with Crippen molar-refractivity contribution in [1.82, 2.24) is 14.3 Å². The molecule has 0 aliphatic carbocycles. The Morgan fingerprint density at radius 1 is 1.23 bits per heavy atom. The van der Waals surface area contributed by atoms with Gasteiger partial charge in [0.15, 0.2) is 0 Å². The molecule has 134 valence electrons. The second-order valence-electron chi connectivity index (χ2n) is 6.18. The molecule has 0 aliphatic heterocycles. The summed E-state index contributed by atoms with van der Waals surface area (Å²) in [6.07, 6.45) is 0. The van der Waals surface area contributed by atoms with E-state index < -0.39 is 5.82 Å². The van der Waals surface area contributed by atoms with Crippen molar-refractivity contribution in [2.45, 2.75) is 13.5 Å². The van der Waals surface area contributed by atoms with E-state index in [2.05, 4.69) is 10.3 Å². The maximum atomic E-state index is 13.2. The highest BCUT2D eigenvalue weighted by Crippen LogP contribution is 2.09. The maximum absolute atomic E-state index is 13.2. The molecule has 6 nitrogen and oxygen atoms in total. The number of anilines is 1. The summed E-state index contributed by atoms with van der Waals surface area (Å²) in [5, 5.41) is 2.64. The first-order valence-corrected chi connectivity index (χ1v) is 8.14. The Kier molecular flexibility index (Phi) is 5.09. The number of nitrogens with zero attached hydrogens (tertiary/aromatic N) is 3. The van der Waals surface area contributed by atoms with Crippen molar-refractivity contribution in [3.05, 3.63) is 76.1 Å². The highest BCUT2D eigenvalue weighted by atomic mass is 19.1. The van der Waals surface area contributed by atoms with Crippen LogP contribution < -0.4 is 10.9 Å². The van der Waals surface area contributed by atoms with Gasteiger partial charge in [-0.1, -0.05) is 12.1 Å². The molecule has 0 unspecified atom stereocenters. The molecule has 0 saturated carbocycles. The van der Waals surface area contributed by atoms with E-state index in [9.17, 15) is 14.0 Å². The second-order valence-corrected chi connectivity index (χ2v) is 6.18. The van der Waals surface area contributed by atoms with Crippen molar-refractivity contribution in [2.75, 3.05) is 18.9 Å². The molecule has 0 radical (unpaired) electrons. The Labute approximate surface area is 149 Å². The van der Waals surface area contributed by atoms with Gasteiger partial charge in [0.05, 0.1) is 12.2 Å². The lowest BCUT2D eigenvalue weighted by Crippen LogP contribution is -2.31. The summed E-state index contributed by atoms with van der Waals surface area (Å²) in [5.41, 5.74) is 2.22. The van der Waals surface area contributed by atoms with Gasteiger partial charge in [-0.2, -0.15) is 0 Å². The van der Waals surface area contributed by atoms with Crippen molar-refractivity contribution in [3.8, 4) is 0 Å². The number of halogens is 1. The lowest BCUT2D eigenvalue weighted by Gasteiger charge is -2.16. The van der Waals surface area contributed by atoms with Gasteiger partial charge in [-0.05, 0) is 44.3 Å². The van der Waals surface area contributed by atoms with Crippen molar-refractivity contribution in [3.63, 3.8) is 0 Å². The Balaban J connectivity index is 1.68. The third kappa shape index (κ3) is 4.12. The van der Waals surface area contributed by atoms with Crippen molar-refractivity contribution in [2.24, 2.45) is 0 Å². The Bertz CT molecular complexity index is 1020. The summed E-state index contributed by atoms with van der Waals surface area (Å²) in [7, 11) is 1.75. The van der Waals surface area contributed by atoms with Crippen LogP contribution in [-0.2, 0) is 11.3 Å². The molecule has 2 heterocycles. The molecule has 0 spiro atoms. The smallest absolute Gasteiger partial charge is 0.258 e. The van der Waals surface area contributed by atoms with Crippen molar-refractivity contribution in [1.29, 1.82) is 0 Å². The maximum Gasteiger partial charge on any atom is 0.258 e. The van der Waals surface area contributed by atoms with Crippen LogP contribution in [0.25, 0.3) is 5.65 Å². The number of hydrogen-bond donors (Lipinski definition) is 1. The zero-order valence-corrected chi connectivity index (χ0v) is 14.6. The average molecular weight is 354 g/mol. The van der Waals surface area contributed by atoms with Gasteiger partial charge in [-0.25, -0.2) is 9.37 Å². The van der Waals surface area contributed by atoms with Crippen molar-refractivity contribution >= 4 is 17.2 Å². The van der Waals surface area contributed by atoms with E-state index in [4.69, 9.17) is 0 Å². The highest BCUT2D eigenvalue weighted by Gasteiger charge is 2.10. The van der Waals surface area contributed by atoms with Gasteiger partial charge in [0.2, 0.25) is 5.91 Å². The number of fused-ring (bicyclic) bond motifs is 1. The average Bonchev–Trinajstić information content (AvgIpc) is 2.54. The van der Waals surface area contributed by atoms with Crippen LogP contribution in [0.3, 0.4) is 0 Å². The van der Waals surface area contributed by atoms with Crippen LogP contribution in [0.5, 0.6) is 0 Å². The molecule has 0 aliphatic rings. The largest absolute Gasteiger partial charge is 0.325 e. The molecule has 3 rings (SSSR count). The van der Waals surface area contributed by atoms with E-state index >= 15 is 0 Å². The summed E-state index contributed by atoms with van der Waals surface area (Å²) in [6, 6.07) is 12.7. The van der Waals surface area contributed by atoms with Gasteiger partial charge in [0.25, 0.3) is 5.56 Å². The van der Waals surface area contributed by atoms with E-state index in [0.29, 0.717) is 23.6 Å². The first kappa shape index (κ1) is 17.8. The molecule has 0 atom stereocenters. The van der Waals surface area contributed by atoms with Gasteiger partial charge in [0.1, 0.15) is 11.5 Å². The normalized spacial score (nSPS) is 11.1. The molecule has 1 aromatic carbocycles. The summed E-state index contributed by atoms with van der Waals surface area (Å²) < 4.78 is 14.7. The Morgan fingerprint density at radius 3 is 2.77 bits per heavy atom. The van der Waals surface area contributed by atoms with E-state index in [1.807, 2.05) is 19.1 Å². The molecule has 2 aromatic heterocycles. The minimum atomic E-state index is -0.410. The number of carbonyl (C=O) groups excluding carboxylic acids is 1. The number of nitrogens with one attached hydrogen (secondary N) is 1. The van der Waals surface area contributed by atoms with Gasteiger partial charge in [-0.3, -0.25) is 18.9 Å². The highest BCUT2D eigenvalue weighted by molar-refractivity contribution is 5.92. The fourth-order valence-corrected chi connectivity index (χ4v) is 2.79. The van der Waals surface area contributed by atoms with E-state index in [0.717, 1.165) is 5.69 Å². The monoisotopic (exact) mass is 354 g/mol. The number of rotatable bonds is 5. The van der Waals surface area contributed by atoms with Crippen LogP contribution >= 0.6 is 0 Å². The number of hydrogen-bond acceptors (Lipinski definition) is 4. The fraction of sp³-hybridized carbons (Fsp3) is 0.211. The quantitative estimate of drug-likeness (QED) is 0.763. The SMILES string of the molecule is Cc1cccc2nc(CN(C)CC(=O)Nc3cccc(F)c3)cc(=O)n12. The summed E-state index contributed by atoms with van der Waals surface area (Å²) in [6.45, 7) is 2.28. The molecule has 26 heavy (non-hydrogen) atoms. The molecular formula is C19H19FN4O2. The molecule has 1 N–H and O–H groups in total. The topological polar surface area (TPSA) is 66.7 Å². The minimum Gasteiger partial charge on any atom is -0.325 e. The number of amides is 1. The van der Waals surface area contributed by atoms with Gasteiger partial charge < -0.3 is 5.32 Å². The lowest BCUT2D eigenvalue weighted by molar-refractivity contribution is -0.117. The van der Waals surface area contributed by atoms with Crippen LogP contribution in [0.2, 0.25) is 0 Å². The van der Waals surface area contributed by atoms with Crippen LogP contribution in [0.15, 0.2) is 53.3 Å². The van der Waals surface area contributed by atoms with Crippen LogP contribution in [0.1, 0.15) is 11.4 Å². The zero-order valence-electron chi connectivity index (χ0n) is 14.6. The molecule has 1 amide bonds. The van der Waals surface area contributed by atoms with Crippen LogP contribution in [0.4, 0.5) is 10.1 Å². The first-order chi connectivity index (χ1) is 12.4. The number of benzene rings is 1. The molecule has 0 fully saturated rings. The Morgan fingerprint density at radius 2 is 2.00 bits per heavy atom. The van der Waals surface area contributed by atoms with E-state index in [-0.39, 0.29) is 18.0 Å². The molecular weight excluding hydrogens is 335 g/mol. The molecule has 0 saturated heterocycles. The van der Waals surface area contributed by atoms with E-state index in [1.165, 1.54) is 24.3 Å². The standard InChI is InChI=1S/C19H19FN4O2/c1-13-5-3-8-17-21-16(10-19(26)24(13)17)11-23(2)12-18(25)22-15-7-4-6-14(20)9-15/h3-10H,11-12H2,1-2H3,(H,22,25). The molecule has 0 bridgehead atoms. The van der Waals surface area contributed by atoms with Crippen LogP contribution in [0, 0.1) is 12.7 Å². The first-order valence-electron chi connectivity index (χ1n) is 8.14. The third-order valence-corrected chi connectivity index (χ3v) is 3.89. The summed E-state index contributed by atoms with van der Waals surface area (Å²) >= 11 is 0. The zero-order chi connectivity index (χ0) is 18.7. The second kappa shape index (κ2) is 7.45. The molecule has 7 heteroatoms. The molecule has 3 aromatic rings. The number of aryl methyl sites for hydroxylation is 1. The lowest BCUT2D eigenvalue weighted by atomic mass is 10.3. The van der Waals surface area contributed by atoms with Crippen LogP contribution in [-0.4, -0.2) is 33.8 Å². The fourth-order valence-electron chi connectivity index (χ4n) is 2.79. The van der Waals surface area contributed by atoms with Gasteiger partial charge in [0, 0.05) is 24.0 Å². The van der Waals surface area contributed by atoms with Gasteiger partial charge >= 0.3 is 0 Å². The number of aromatic nitrogens is 2. The predicted molar refractivity (Wildman–Crippen MR) is 97.6 cm³/mol. The van der Waals surface area contributed by atoms with E-state index in [1.54, 1.807) is 28.5 Å². The van der Waals surface area contributed by atoms with Gasteiger partial charge in [-0.15, -0.1) is 0 Å². The number of likely N-dealkylation sites (N-methyl/N-ethyl adjacent to an activating group) is 1. The number of pyridine rings is 1. The summed E-state index contributed by atoms with van der Waals surface area (Å²) in [5.74, 6) is -0.682. The minimum absolute atomic E-state index is 0.0887. The summed E-state index contributed by atoms with van der Waals surface area (Å²) in [4.78, 5) is 30.6. The number of carbonyl (C=O) groups is 1.